The molecule has 1 aromatic heterocycles. The van der Waals surface area contributed by atoms with E-state index >= 15 is 0 Å². The van der Waals surface area contributed by atoms with Gasteiger partial charge >= 0.3 is 0 Å². The average molecular weight is 486 g/mol. The van der Waals surface area contributed by atoms with Crippen LogP contribution in [0.1, 0.15) is 24.5 Å². The first-order valence-corrected chi connectivity index (χ1v) is 13.5. The molecule has 2 aromatic carbocycles. The van der Waals surface area contributed by atoms with Crippen LogP contribution in [0.5, 0.6) is 0 Å². The molecule has 3 aromatic rings. The highest BCUT2D eigenvalue weighted by atomic mass is 32.2. The van der Waals surface area contributed by atoms with Gasteiger partial charge in [-0.2, -0.15) is 0 Å². The second-order valence-corrected chi connectivity index (χ2v) is 12.1. The molecule has 9 heteroatoms. The van der Waals surface area contributed by atoms with Gasteiger partial charge < -0.3 is 4.90 Å². The van der Waals surface area contributed by atoms with E-state index in [0.717, 1.165) is 16.8 Å². The number of amides is 1. The van der Waals surface area contributed by atoms with Gasteiger partial charge in [0.25, 0.3) is 5.56 Å². The van der Waals surface area contributed by atoms with Crippen molar-refractivity contribution in [2.45, 2.75) is 43.6 Å². The maximum atomic E-state index is 13.5. The lowest BCUT2D eigenvalue weighted by Crippen LogP contribution is -2.42. The summed E-state index contributed by atoms with van der Waals surface area (Å²) in [5.41, 5.74) is 3.12. The Morgan fingerprint density at radius 3 is 2.61 bits per heavy atom. The lowest BCUT2D eigenvalue weighted by molar-refractivity contribution is -0.130. The number of benzene rings is 2. The molecular weight excluding hydrogens is 458 g/mol. The largest absolute Gasteiger partial charge is 0.341 e. The van der Waals surface area contributed by atoms with Gasteiger partial charge in [-0.3, -0.25) is 14.2 Å². The van der Waals surface area contributed by atoms with Crippen LogP contribution in [0.3, 0.4) is 0 Å². The monoisotopic (exact) mass is 485 g/mol. The molecule has 7 nitrogen and oxygen atoms in total. The minimum absolute atomic E-state index is 0.00583. The van der Waals surface area contributed by atoms with Crippen LogP contribution in [0.25, 0.3) is 16.6 Å². The lowest BCUT2D eigenvalue weighted by Gasteiger charge is -2.26. The molecule has 2 atom stereocenters. The van der Waals surface area contributed by atoms with Crippen LogP contribution in [-0.4, -0.2) is 58.6 Å². The molecule has 2 unspecified atom stereocenters. The standard InChI is InChI=1S/C24H27N3O4S2/c1-15-9-10-21(16(2)13-15)27-23(29)19-7-5-6-8-20(19)25-24(27)32-17(3)22(28)26(4)18-11-12-33(30,31)14-18/h5-10,13,17-18H,11-12,14H2,1-4H3. The Hall–Kier alpha value is -2.65. The summed E-state index contributed by atoms with van der Waals surface area (Å²) in [6.07, 6.45) is 0.448. The molecule has 0 bridgehead atoms. The first-order valence-electron chi connectivity index (χ1n) is 10.8. The van der Waals surface area contributed by atoms with E-state index in [1.54, 1.807) is 36.7 Å². The maximum absolute atomic E-state index is 13.5. The van der Waals surface area contributed by atoms with E-state index in [0.29, 0.717) is 22.5 Å². The number of carbonyl (C=O) groups excluding carboxylic acids is 1. The molecule has 0 radical (unpaired) electrons. The number of sulfone groups is 1. The number of rotatable bonds is 5. The van der Waals surface area contributed by atoms with E-state index < -0.39 is 15.1 Å². The normalized spacial score (nSPS) is 18.4. The van der Waals surface area contributed by atoms with Gasteiger partial charge in [0.2, 0.25) is 5.91 Å². The van der Waals surface area contributed by atoms with Crippen molar-refractivity contribution in [3.05, 3.63) is 63.9 Å². The van der Waals surface area contributed by atoms with E-state index in [1.807, 2.05) is 38.1 Å². The Kier molecular flexibility index (Phi) is 6.37. The van der Waals surface area contributed by atoms with Crippen LogP contribution < -0.4 is 5.56 Å². The average Bonchev–Trinajstić information content (AvgIpc) is 3.13. The third kappa shape index (κ3) is 4.70. The molecular formula is C24H27N3O4S2. The van der Waals surface area contributed by atoms with E-state index in [1.165, 1.54) is 16.7 Å². The summed E-state index contributed by atoms with van der Waals surface area (Å²) >= 11 is 1.21. The van der Waals surface area contributed by atoms with Crippen molar-refractivity contribution in [3.8, 4) is 5.69 Å². The third-order valence-electron chi connectivity index (χ3n) is 6.07. The summed E-state index contributed by atoms with van der Waals surface area (Å²) in [5, 5.41) is 0.386. The van der Waals surface area contributed by atoms with Crippen LogP contribution in [0.4, 0.5) is 0 Å². The number of nitrogens with zero attached hydrogens (tertiary/aromatic N) is 3. The summed E-state index contributed by atoms with van der Waals surface area (Å²) in [4.78, 5) is 32.9. The van der Waals surface area contributed by atoms with E-state index in [9.17, 15) is 18.0 Å². The van der Waals surface area contributed by atoms with Crippen molar-refractivity contribution >= 4 is 38.4 Å². The van der Waals surface area contributed by atoms with Crippen LogP contribution >= 0.6 is 11.8 Å². The first kappa shape index (κ1) is 23.5. The number of carbonyl (C=O) groups is 1. The second-order valence-electron chi connectivity index (χ2n) is 8.61. The molecule has 1 fully saturated rings. The molecule has 0 spiro atoms. The van der Waals surface area contributed by atoms with Crippen molar-refractivity contribution in [1.82, 2.24) is 14.5 Å². The Bertz CT molecular complexity index is 1400. The van der Waals surface area contributed by atoms with E-state index in [4.69, 9.17) is 4.98 Å². The summed E-state index contributed by atoms with van der Waals surface area (Å²) in [6.45, 7) is 5.70. The van der Waals surface area contributed by atoms with Gasteiger partial charge in [0.15, 0.2) is 15.0 Å². The zero-order valence-corrected chi connectivity index (χ0v) is 20.7. The van der Waals surface area contributed by atoms with Crippen LogP contribution in [0.2, 0.25) is 0 Å². The molecule has 0 N–H and O–H groups in total. The lowest BCUT2D eigenvalue weighted by atomic mass is 10.1. The Morgan fingerprint density at radius 1 is 1.21 bits per heavy atom. The topological polar surface area (TPSA) is 89.3 Å². The third-order valence-corrected chi connectivity index (χ3v) is 8.86. The SMILES string of the molecule is Cc1ccc(-n2c(SC(C)C(=O)N(C)C3CCS(=O)(=O)C3)nc3ccccc3c2=O)c(C)c1. The molecule has 4 rings (SSSR count). The fourth-order valence-electron chi connectivity index (χ4n) is 4.22. The molecule has 1 amide bonds. The van der Waals surface area contributed by atoms with Gasteiger partial charge in [0.05, 0.1) is 33.3 Å². The molecule has 33 heavy (non-hydrogen) atoms. The highest BCUT2D eigenvalue weighted by Crippen LogP contribution is 2.28. The Balaban J connectivity index is 1.73. The van der Waals surface area contributed by atoms with Crippen LogP contribution in [0.15, 0.2) is 52.4 Å². The predicted octanol–water partition coefficient (Wildman–Crippen LogP) is 3.13. The zero-order valence-electron chi connectivity index (χ0n) is 19.1. The molecule has 0 saturated carbocycles. The van der Waals surface area contributed by atoms with Gasteiger partial charge in [0.1, 0.15) is 0 Å². The summed E-state index contributed by atoms with van der Waals surface area (Å²) in [7, 11) is -1.45. The minimum atomic E-state index is -3.10. The van der Waals surface area contributed by atoms with Crippen molar-refractivity contribution in [2.75, 3.05) is 18.6 Å². The Morgan fingerprint density at radius 2 is 1.94 bits per heavy atom. The quantitative estimate of drug-likeness (QED) is 0.408. The van der Waals surface area contributed by atoms with Crippen molar-refractivity contribution in [2.24, 2.45) is 0 Å². The number of para-hydroxylation sites is 1. The smallest absolute Gasteiger partial charge is 0.266 e. The number of thioether (sulfide) groups is 1. The molecule has 174 valence electrons. The second kappa shape index (κ2) is 8.95. The van der Waals surface area contributed by atoms with Gasteiger partial charge in [-0.25, -0.2) is 13.4 Å². The molecule has 0 aliphatic carbocycles. The fourth-order valence-corrected chi connectivity index (χ4v) is 7.01. The minimum Gasteiger partial charge on any atom is -0.341 e. The van der Waals surface area contributed by atoms with Crippen molar-refractivity contribution in [3.63, 3.8) is 0 Å². The van der Waals surface area contributed by atoms with E-state index in [-0.39, 0.29) is 29.0 Å². The maximum Gasteiger partial charge on any atom is 0.266 e. The molecule has 1 aliphatic rings. The Labute approximate surface area is 197 Å². The zero-order chi connectivity index (χ0) is 23.9. The predicted molar refractivity (Wildman–Crippen MR) is 132 cm³/mol. The summed E-state index contributed by atoms with van der Waals surface area (Å²) in [5.74, 6) is -0.0830. The molecule has 2 heterocycles. The number of aryl methyl sites for hydroxylation is 2. The number of hydrogen-bond donors (Lipinski definition) is 0. The number of aromatic nitrogens is 2. The van der Waals surface area contributed by atoms with Gasteiger partial charge in [0, 0.05) is 13.1 Å². The summed E-state index contributed by atoms with van der Waals surface area (Å²) in [6, 6.07) is 12.7. The highest BCUT2D eigenvalue weighted by Gasteiger charge is 2.34. The van der Waals surface area contributed by atoms with Gasteiger partial charge in [-0.1, -0.05) is 41.6 Å². The van der Waals surface area contributed by atoms with Gasteiger partial charge in [-0.05, 0) is 51.0 Å². The van der Waals surface area contributed by atoms with Crippen LogP contribution in [0, 0.1) is 13.8 Å². The first-order chi connectivity index (χ1) is 15.6. The molecule has 1 saturated heterocycles. The summed E-state index contributed by atoms with van der Waals surface area (Å²) < 4.78 is 25.3. The number of fused-ring (bicyclic) bond motifs is 1. The van der Waals surface area contributed by atoms with Crippen LogP contribution in [-0.2, 0) is 14.6 Å². The number of hydrogen-bond acceptors (Lipinski definition) is 6. The van der Waals surface area contributed by atoms with Crippen molar-refractivity contribution in [1.29, 1.82) is 0 Å². The highest BCUT2D eigenvalue weighted by molar-refractivity contribution is 8.00. The molecule has 1 aliphatic heterocycles. The van der Waals surface area contributed by atoms with Crippen molar-refractivity contribution < 1.29 is 13.2 Å². The fraction of sp³-hybridized carbons (Fsp3) is 0.375. The van der Waals surface area contributed by atoms with Gasteiger partial charge in [-0.15, -0.1) is 0 Å². The van der Waals surface area contributed by atoms with E-state index in [2.05, 4.69) is 0 Å².